The lowest BCUT2D eigenvalue weighted by Gasteiger charge is -2.20. The second kappa shape index (κ2) is 5.87. The van der Waals surface area contributed by atoms with Gasteiger partial charge in [-0.25, -0.2) is 0 Å². The largest absolute Gasteiger partial charge is 0.379 e. The van der Waals surface area contributed by atoms with Crippen LogP contribution in [0, 0.1) is 0 Å². The maximum absolute atomic E-state index is 12.1. The molecule has 0 saturated heterocycles. The Morgan fingerprint density at radius 1 is 1.42 bits per heavy atom. The fraction of sp³-hybridized carbons (Fsp3) is 0.467. The molecule has 4 nitrogen and oxygen atoms in total. The molecule has 1 aromatic carbocycles. The SMILES string of the molecule is CCCCNC(=O)C1(C)CC(c2ccccc2)=NO1. The van der Waals surface area contributed by atoms with Gasteiger partial charge in [0, 0.05) is 13.0 Å². The highest BCUT2D eigenvalue weighted by atomic mass is 16.7. The molecule has 0 radical (unpaired) electrons. The second-order valence-electron chi connectivity index (χ2n) is 5.01. The molecule has 0 fully saturated rings. The average Bonchev–Trinajstić information content (AvgIpc) is 2.84. The highest BCUT2D eigenvalue weighted by molar-refractivity contribution is 6.05. The molecule has 0 bridgehead atoms. The van der Waals surface area contributed by atoms with Crippen molar-refractivity contribution in [2.24, 2.45) is 5.16 Å². The van der Waals surface area contributed by atoms with Crippen molar-refractivity contribution in [1.29, 1.82) is 0 Å². The van der Waals surface area contributed by atoms with Crippen molar-refractivity contribution >= 4 is 11.6 Å². The molecule has 0 aliphatic carbocycles. The van der Waals surface area contributed by atoms with Gasteiger partial charge >= 0.3 is 0 Å². The van der Waals surface area contributed by atoms with E-state index in [0.717, 1.165) is 24.1 Å². The number of benzene rings is 1. The van der Waals surface area contributed by atoms with Gasteiger partial charge in [-0.15, -0.1) is 0 Å². The Balaban J connectivity index is 1.97. The van der Waals surface area contributed by atoms with Crippen molar-refractivity contribution in [3.05, 3.63) is 35.9 Å². The molecule has 1 atom stereocenters. The number of rotatable bonds is 5. The molecular formula is C15H20N2O2. The minimum absolute atomic E-state index is 0.0874. The monoisotopic (exact) mass is 260 g/mol. The summed E-state index contributed by atoms with van der Waals surface area (Å²) in [6, 6.07) is 9.81. The summed E-state index contributed by atoms with van der Waals surface area (Å²) in [5, 5.41) is 6.97. The Kier molecular flexibility index (Phi) is 4.20. The number of carbonyl (C=O) groups excluding carboxylic acids is 1. The molecule has 1 aromatic rings. The zero-order valence-corrected chi connectivity index (χ0v) is 11.5. The predicted molar refractivity (Wildman–Crippen MR) is 75.0 cm³/mol. The van der Waals surface area contributed by atoms with Gasteiger partial charge in [-0.1, -0.05) is 48.8 Å². The Bertz CT molecular complexity index is 470. The van der Waals surface area contributed by atoms with E-state index in [-0.39, 0.29) is 5.91 Å². The van der Waals surface area contributed by atoms with Crippen LogP contribution < -0.4 is 5.32 Å². The molecule has 4 heteroatoms. The lowest BCUT2D eigenvalue weighted by atomic mass is 9.95. The fourth-order valence-corrected chi connectivity index (χ4v) is 2.01. The molecule has 1 unspecified atom stereocenters. The van der Waals surface area contributed by atoms with E-state index >= 15 is 0 Å². The maximum atomic E-state index is 12.1. The van der Waals surface area contributed by atoms with E-state index in [1.165, 1.54) is 0 Å². The van der Waals surface area contributed by atoms with Crippen LogP contribution in [0.4, 0.5) is 0 Å². The summed E-state index contributed by atoms with van der Waals surface area (Å²) in [6.07, 6.45) is 2.55. The van der Waals surface area contributed by atoms with Gasteiger partial charge in [-0.05, 0) is 18.9 Å². The summed E-state index contributed by atoms with van der Waals surface area (Å²) in [7, 11) is 0. The molecule has 1 N–H and O–H groups in total. The zero-order valence-electron chi connectivity index (χ0n) is 11.5. The first-order valence-electron chi connectivity index (χ1n) is 6.74. The molecule has 0 saturated carbocycles. The van der Waals surface area contributed by atoms with Crippen LogP contribution in [0.15, 0.2) is 35.5 Å². The van der Waals surface area contributed by atoms with Gasteiger partial charge in [0.1, 0.15) is 0 Å². The van der Waals surface area contributed by atoms with E-state index in [1.807, 2.05) is 30.3 Å². The summed E-state index contributed by atoms with van der Waals surface area (Å²) in [5.41, 5.74) is 0.958. The Labute approximate surface area is 113 Å². The maximum Gasteiger partial charge on any atom is 0.267 e. The second-order valence-corrected chi connectivity index (χ2v) is 5.01. The molecule has 1 amide bonds. The zero-order chi connectivity index (χ0) is 13.7. The molecule has 1 heterocycles. The van der Waals surface area contributed by atoms with Crippen LogP contribution in [0.3, 0.4) is 0 Å². The normalized spacial score (nSPS) is 21.7. The van der Waals surface area contributed by atoms with Crippen molar-refractivity contribution in [2.45, 2.75) is 38.7 Å². The Morgan fingerprint density at radius 3 is 2.84 bits per heavy atom. The van der Waals surface area contributed by atoms with Crippen molar-refractivity contribution in [3.8, 4) is 0 Å². The minimum Gasteiger partial charge on any atom is -0.379 e. The molecule has 1 aliphatic rings. The number of hydrogen-bond donors (Lipinski definition) is 1. The third-order valence-corrected chi connectivity index (χ3v) is 3.27. The van der Waals surface area contributed by atoms with Gasteiger partial charge in [-0.3, -0.25) is 4.79 Å². The minimum atomic E-state index is -0.876. The number of oxime groups is 1. The first-order chi connectivity index (χ1) is 9.15. The highest BCUT2D eigenvalue weighted by Crippen LogP contribution is 2.26. The van der Waals surface area contributed by atoms with Crippen LogP contribution >= 0.6 is 0 Å². The van der Waals surface area contributed by atoms with Crippen LogP contribution in [0.25, 0.3) is 0 Å². The summed E-state index contributed by atoms with van der Waals surface area (Å²) >= 11 is 0. The molecule has 1 aliphatic heterocycles. The molecule has 102 valence electrons. The topological polar surface area (TPSA) is 50.7 Å². The standard InChI is InChI=1S/C15H20N2O2/c1-3-4-10-16-14(18)15(2)11-13(17-19-15)12-8-6-5-7-9-12/h5-9H,3-4,10-11H2,1-2H3,(H,16,18). The summed E-state index contributed by atoms with van der Waals surface area (Å²) in [6.45, 7) is 4.57. The van der Waals surface area contributed by atoms with Gasteiger partial charge in [0.25, 0.3) is 5.91 Å². The van der Waals surface area contributed by atoms with E-state index in [1.54, 1.807) is 6.92 Å². The fourth-order valence-electron chi connectivity index (χ4n) is 2.01. The lowest BCUT2D eigenvalue weighted by Crippen LogP contribution is -2.45. The number of amides is 1. The van der Waals surface area contributed by atoms with Crippen molar-refractivity contribution < 1.29 is 9.63 Å². The number of nitrogens with zero attached hydrogens (tertiary/aromatic N) is 1. The van der Waals surface area contributed by atoms with Gasteiger partial charge in [0.15, 0.2) is 0 Å². The van der Waals surface area contributed by atoms with E-state index < -0.39 is 5.60 Å². The molecular weight excluding hydrogens is 240 g/mol. The van der Waals surface area contributed by atoms with Crippen LogP contribution in [0.5, 0.6) is 0 Å². The smallest absolute Gasteiger partial charge is 0.267 e. The van der Waals surface area contributed by atoms with Gasteiger partial charge < -0.3 is 10.2 Å². The highest BCUT2D eigenvalue weighted by Gasteiger charge is 2.41. The molecule has 19 heavy (non-hydrogen) atoms. The average molecular weight is 260 g/mol. The van der Waals surface area contributed by atoms with Crippen molar-refractivity contribution in [2.75, 3.05) is 6.54 Å². The number of hydrogen-bond acceptors (Lipinski definition) is 3. The van der Waals surface area contributed by atoms with E-state index in [4.69, 9.17) is 4.84 Å². The Hall–Kier alpha value is -1.84. The van der Waals surface area contributed by atoms with E-state index in [9.17, 15) is 4.79 Å². The third-order valence-electron chi connectivity index (χ3n) is 3.27. The lowest BCUT2D eigenvalue weighted by molar-refractivity contribution is -0.141. The van der Waals surface area contributed by atoms with Gasteiger partial charge in [-0.2, -0.15) is 0 Å². The van der Waals surface area contributed by atoms with E-state index in [2.05, 4.69) is 17.4 Å². The third kappa shape index (κ3) is 3.13. The summed E-state index contributed by atoms with van der Waals surface area (Å²) < 4.78 is 0. The van der Waals surface area contributed by atoms with Crippen LogP contribution in [0.2, 0.25) is 0 Å². The van der Waals surface area contributed by atoms with Crippen molar-refractivity contribution in [3.63, 3.8) is 0 Å². The summed E-state index contributed by atoms with van der Waals surface area (Å²) in [5.74, 6) is -0.0874. The van der Waals surface area contributed by atoms with E-state index in [0.29, 0.717) is 13.0 Å². The molecule has 0 aromatic heterocycles. The van der Waals surface area contributed by atoms with Gasteiger partial charge in [0.2, 0.25) is 5.60 Å². The van der Waals surface area contributed by atoms with Crippen LogP contribution in [0.1, 0.15) is 38.7 Å². The first kappa shape index (κ1) is 13.6. The molecule has 2 rings (SSSR count). The van der Waals surface area contributed by atoms with Crippen molar-refractivity contribution in [1.82, 2.24) is 5.32 Å². The first-order valence-corrected chi connectivity index (χ1v) is 6.74. The van der Waals surface area contributed by atoms with Crippen LogP contribution in [-0.2, 0) is 9.63 Å². The Morgan fingerprint density at radius 2 is 2.16 bits per heavy atom. The molecule has 0 spiro atoms. The summed E-state index contributed by atoms with van der Waals surface area (Å²) in [4.78, 5) is 17.5. The number of carbonyl (C=O) groups is 1. The predicted octanol–water partition coefficient (Wildman–Crippen LogP) is 2.49. The van der Waals surface area contributed by atoms with Crippen LogP contribution in [-0.4, -0.2) is 23.8 Å². The number of unbranched alkanes of at least 4 members (excludes halogenated alkanes) is 1. The quantitative estimate of drug-likeness (QED) is 0.827. The van der Waals surface area contributed by atoms with Gasteiger partial charge in [0.05, 0.1) is 5.71 Å². The number of nitrogens with one attached hydrogen (secondary N) is 1.